The summed E-state index contributed by atoms with van der Waals surface area (Å²) in [5.41, 5.74) is 0.0511. The van der Waals surface area contributed by atoms with Gasteiger partial charge in [0, 0.05) is 10.6 Å². The van der Waals surface area contributed by atoms with Crippen LogP contribution in [0.2, 0.25) is 5.02 Å². The highest BCUT2D eigenvalue weighted by atomic mass is 35.5. The quantitative estimate of drug-likeness (QED) is 0.397. The van der Waals surface area contributed by atoms with Gasteiger partial charge in [0.25, 0.3) is 0 Å². The molecule has 9 nitrogen and oxygen atoms in total. The lowest BCUT2D eigenvalue weighted by molar-refractivity contribution is -0.207. The zero-order valence-electron chi connectivity index (χ0n) is 18.3. The van der Waals surface area contributed by atoms with Gasteiger partial charge in [-0.2, -0.15) is 13.2 Å². The van der Waals surface area contributed by atoms with E-state index < -0.39 is 30.6 Å². The Hall–Kier alpha value is -3.48. The molecule has 0 aliphatic rings. The van der Waals surface area contributed by atoms with Crippen LogP contribution in [0.25, 0.3) is 17.1 Å². The SMILES string of the molecule is C[C@@H](O)c1nc(Cn2nc(-c3ccc(Cl)cc3)n(C[C@H](O)C(F)(F)F)c2=O)nn1-c1ccccc1. The molecular formula is C22H20ClF3N6O3. The number of hydrogen-bond donors (Lipinski definition) is 2. The number of halogens is 4. The minimum Gasteiger partial charge on any atom is -0.385 e. The van der Waals surface area contributed by atoms with Gasteiger partial charge in [-0.05, 0) is 43.3 Å². The fourth-order valence-electron chi connectivity index (χ4n) is 3.40. The Bertz CT molecular complexity index is 1360. The van der Waals surface area contributed by atoms with Gasteiger partial charge in [-0.3, -0.25) is 4.57 Å². The molecule has 0 unspecified atom stereocenters. The van der Waals surface area contributed by atoms with Gasteiger partial charge in [0.1, 0.15) is 12.6 Å². The maximum Gasteiger partial charge on any atom is 0.416 e. The van der Waals surface area contributed by atoms with Crippen LogP contribution in [0, 0.1) is 0 Å². The van der Waals surface area contributed by atoms with E-state index >= 15 is 0 Å². The van der Waals surface area contributed by atoms with Crippen molar-refractivity contribution in [2.24, 2.45) is 0 Å². The van der Waals surface area contributed by atoms with Crippen LogP contribution < -0.4 is 5.69 Å². The largest absolute Gasteiger partial charge is 0.416 e. The molecule has 0 fully saturated rings. The molecule has 4 aromatic rings. The number of nitrogens with zero attached hydrogens (tertiary/aromatic N) is 6. The zero-order valence-corrected chi connectivity index (χ0v) is 19.0. The van der Waals surface area contributed by atoms with Crippen LogP contribution in [0.4, 0.5) is 13.2 Å². The van der Waals surface area contributed by atoms with E-state index in [4.69, 9.17) is 11.6 Å². The number of para-hydroxylation sites is 1. The number of hydrogen-bond acceptors (Lipinski definition) is 6. The predicted molar refractivity (Wildman–Crippen MR) is 120 cm³/mol. The molecule has 4 rings (SSSR count). The van der Waals surface area contributed by atoms with Crippen molar-refractivity contribution in [3.05, 3.63) is 81.8 Å². The molecule has 2 aromatic carbocycles. The Morgan fingerprint density at radius 2 is 1.69 bits per heavy atom. The van der Waals surface area contributed by atoms with Gasteiger partial charge in [-0.1, -0.05) is 29.8 Å². The molecule has 0 saturated carbocycles. The normalized spacial score (nSPS) is 13.7. The van der Waals surface area contributed by atoms with Gasteiger partial charge >= 0.3 is 11.9 Å². The highest BCUT2D eigenvalue weighted by Gasteiger charge is 2.39. The van der Waals surface area contributed by atoms with Crippen molar-refractivity contribution in [1.82, 2.24) is 29.1 Å². The monoisotopic (exact) mass is 508 g/mol. The molecule has 2 atom stereocenters. The summed E-state index contributed by atoms with van der Waals surface area (Å²) in [5.74, 6) is 0.229. The number of aliphatic hydroxyl groups is 2. The smallest absolute Gasteiger partial charge is 0.385 e. The Morgan fingerprint density at radius 1 is 1.03 bits per heavy atom. The third-order valence-corrected chi connectivity index (χ3v) is 5.35. The minimum atomic E-state index is -4.93. The van der Waals surface area contributed by atoms with Crippen LogP contribution in [0.15, 0.2) is 59.4 Å². The molecule has 184 valence electrons. The molecule has 35 heavy (non-hydrogen) atoms. The highest BCUT2D eigenvalue weighted by molar-refractivity contribution is 6.30. The number of benzene rings is 2. The van der Waals surface area contributed by atoms with E-state index in [0.717, 1.165) is 9.25 Å². The predicted octanol–water partition coefficient (Wildman–Crippen LogP) is 2.97. The van der Waals surface area contributed by atoms with Gasteiger partial charge in [-0.15, -0.1) is 10.2 Å². The summed E-state index contributed by atoms with van der Waals surface area (Å²) < 4.78 is 42.2. The van der Waals surface area contributed by atoms with Crippen LogP contribution in [0.5, 0.6) is 0 Å². The summed E-state index contributed by atoms with van der Waals surface area (Å²) in [6.07, 6.45) is -8.69. The summed E-state index contributed by atoms with van der Waals surface area (Å²) in [5, 5.41) is 28.7. The highest BCUT2D eigenvalue weighted by Crippen LogP contribution is 2.24. The van der Waals surface area contributed by atoms with E-state index in [1.807, 2.05) is 6.07 Å². The maximum absolute atomic E-state index is 13.0. The first-order valence-electron chi connectivity index (χ1n) is 10.4. The topological polar surface area (TPSA) is 111 Å². The molecular weight excluding hydrogens is 489 g/mol. The lowest BCUT2D eigenvalue weighted by atomic mass is 10.2. The number of aromatic nitrogens is 6. The zero-order chi connectivity index (χ0) is 25.3. The van der Waals surface area contributed by atoms with Crippen LogP contribution >= 0.6 is 11.6 Å². The lowest BCUT2D eigenvalue weighted by Gasteiger charge is -2.15. The second-order valence-corrected chi connectivity index (χ2v) is 8.18. The fourth-order valence-corrected chi connectivity index (χ4v) is 3.52. The first-order valence-corrected chi connectivity index (χ1v) is 10.8. The molecule has 0 spiro atoms. The van der Waals surface area contributed by atoms with Crippen molar-refractivity contribution in [1.29, 1.82) is 0 Å². The first kappa shape index (κ1) is 24.6. The van der Waals surface area contributed by atoms with Crippen LogP contribution in [0.1, 0.15) is 24.7 Å². The Morgan fingerprint density at radius 3 is 2.29 bits per heavy atom. The van der Waals surface area contributed by atoms with Crippen molar-refractivity contribution < 1.29 is 23.4 Å². The average Bonchev–Trinajstić information content (AvgIpc) is 3.37. The number of alkyl halides is 3. The van der Waals surface area contributed by atoms with E-state index in [0.29, 0.717) is 16.3 Å². The van der Waals surface area contributed by atoms with E-state index in [1.165, 1.54) is 35.9 Å². The molecule has 0 radical (unpaired) electrons. The summed E-state index contributed by atoms with van der Waals surface area (Å²) >= 11 is 5.90. The van der Waals surface area contributed by atoms with Crippen molar-refractivity contribution >= 4 is 11.6 Å². The van der Waals surface area contributed by atoms with Gasteiger partial charge in [0.05, 0.1) is 12.2 Å². The van der Waals surface area contributed by atoms with Crippen LogP contribution in [-0.4, -0.2) is 51.6 Å². The van der Waals surface area contributed by atoms with Crippen molar-refractivity contribution in [2.75, 3.05) is 0 Å². The Balaban J connectivity index is 1.76. The van der Waals surface area contributed by atoms with Gasteiger partial charge in [-0.25, -0.2) is 19.1 Å². The molecule has 0 bridgehead atoms. The van der Waals surface area contributed by atoms with Gasteiger partial charge in [0.15, 0.2) is 23.6 Å². The number of aliphatic hydroxyl groups excluding tert-OH is 2. The molecule has 0 aliphatic carbocycles. The van der Waals surface area contributed by atoms with Crippen molar-refractivity contribution in [3.63, 3.8) is 0 Å². The van der Waals surface area contributed by atoms with E-state index in [-0.39, 0.29) is 24.0 Å². The molecule has 2 N–H and O–H groups in total. The van der Waals surface area contributed by atoms with Gasteiger partial charge < -0.3 is 10.2 Å². The van der Waals surface area contributed by atoms with Crippen molar-refractivity contribution in [3.8, 4) is 17.1 Å². The minimum absolute atomic E-state index is 0.0896. The summed E-state index contributed by atoms with van der Waals surface area (Å²) in [4.78, 5) is 17.3. The third-order valence-electron chi connectivity index (χ3n) is 5.10. The van der Waals surface area contributed by atoms with E-state index in [9.17, 15) is 28.2 Å². The molecule has 0 amide bonds. The summed E-state index contributed by atoms with van der Waals surface area (Å²) in [6.45, 7) is 0.171. The lowest BCUT2D eigenvalue weighted by Crippen LogP contribution is -2.37. The number of rotatable bonds is 7. The standard InChI is InChI=1S/C22H20ClF3N6O3/c1-13(33)19-27-18(28-32(19)16-5-3-2-4-6-16)12-31-21(35)30(11-17(34)22(24,25)26)20(29-31)14-7-9-15(23)10-8-14/h2-10,13,17,33-34H,11-12H2,1H3/t13-,17+/m1/s1. The van der Waals surface area contributed by atoms with E-state index in [1.54, 1.807) is 24.3 Å². The molecule has 13 heteroatoms. The molecule has 0 saturated heterocycles. The van der Waals surface area contributed by atoms with Crippen LogP contribution in [0.3, 0.4) is 0 Å². The van der Waals surface area contributed by atoms with Crippen molar-refractivity contribution in [2.45, 2.75) is 38.4 Å². The summed E-state index contributed by atoms with van der Waals surface area (Å²) in [7, 11) is 0. The van der Waals surface area contributed by atoms with Gasteiger partial charge in [0.2, 0.25) is 0 Å². The van der Waals surface area contributed by atoms with Crippen LogP contribution in [-0.2, 0) is 13.1 Å². The Labute approximate surface area is 201 Å². The Kier molecular flexibility index (Phi) is 6.79. The fraction of sp³-hybridized carbons (Fsp3) is 0.273. The third kappa shape index (κ3) is 5.29. The first-order chi connectivity index (χ1) is 16.5. The molecule has 2 aromatic heterocycles. The van der Waals surface area contributed by atoms with E-state index in [2.05, 4.69) is 15.2 Å². The summed E-state index contributed by atoms with van der Waals surface area (Å²) in [6, 6.07) is 14.9. The average molecular weight is 509 g/mol. The second kappa shape index (κ2) is 9.64. The molecule has 0 aliphatic heterocycles. The maximum atomic E-state index is 13.0. The second-order valence-electron chi connectivity index (χ2n) is 7.75. The molecule has 2 heterocycles.